The number of hydrogen-bond acceptors (Lipinski definition) is 2. The van der Waals surface area contributed by atoms with Gasteiger partial charge in [-0.15, -0.1) is 0 Å². The molecule has 1 aliphatic rings. The summed E-state index contributed by atoms with van der Waals surface area (Å²) in [5, 5.41) is 10.6. The van der Waals surface area contributed by atoms with E-state index in [1.807, 2.05) is 37.3 Å². The topological polar surface area (TPSA) is 23.5 Å². The van der Waals surface area contributed by atoms with Crippen LogP contribution in [0.5, 0.6) is 0 Å². The number of rotatable bonds is 3. The third kappa shape index (κ3) is 2.34. The summed E-state index contributed by atoms with van der Waals surface area (Å²) in [7, 11) is 0. The smallest absolute Gasteiger partial charge is 0.103 e. The zero-order valence-electron chi connectivity index (χ0n) is 9.76. The summed E-state index contributed by atoms with van der Waals surface area (Å²) in [5.41, 5.74) is 0.390. The minimum atomic E-state index is -0.650. The normalized spacial score (nSPS) is 26.6. The molecule has 16 heavy (non-hydrogen) atoms. The van der Waals surface area contributed by atoms with Crippen molar-refractivity contribution in [1.29, 1.82) is 0 Å². The summed E-state index contributed by atoms with van der Waals surface area (Å²) in [4.78, 5) is 2.28. The van der Waals surface area contributed by atoms with E-state index in [1.54, 1.807) is 0 Å². The van der Waals surface area contributed by atoms with Gasteiger partial charge in [-0.3, -0.25) is 4.90 Å². The first-order chi connectivity index (χ1) is 7.74. The van der Waals surface area contributed by atoms with Gasteiger partial charge in [0.1, 0.15) is 5.60 Å². The number of hydrogen-bond donors (Lipinski definition) is 1. The van der Waals surface area contributed by atoms with Gasteiger partial charge in [-0.2, -0.15) is 0 Å². The van der Waals surface area contributed by atoms with Crippen molar-refractivity contribution in [3.05, 3.63) is 48.0 Å². The fourth-order valence-electron chi connectivity index (χ4n) is 2.27. The van der Waals surface area contributed by atoms with Gasteiger partial charge in [0.05, 0.1) is 0 Å². The van der Waals surface area contributed by atoms with E-state index in [9.17, 15) is 5.11 Å². The van der Waals surface area contributed by atoms with Gasteiger partial charge in [0.25, 0.3) is 0 Å². The lowest BCUT2D eigenvalue weighted by Gasteiger charge is -2.23. The molecule has 0 spiro atoms. The highest BCUT2D eigenvalue weighted by atomic mass is 16.3. The fraction of sp³-hybridized carbons (Fsp3) is 0.429. The highest BCUT2D eigenvalue weighted by Crippen LogP contribution is 2.31. The van der Waals surface area contributed by atoms with Gasteiger partial charge in [0, 0.05) is 19.6 Å². The second kappa shape index (κ2) is 4.81. The second-order valence-corrected chi connectivity index (χ2v) is 4.45. The van der Waals surface area contributed by atoms with Crippen molar-refractivity contribution >= 4 is 0 Å². The van der Waals surface area contributed by atoms with Crippen LogP contribution < -0.4 is 0 Å². The van der Waals surface area contributed by atoms with Crippen LogP contribution in [0.1, 0.15) is 18.9 Å². The minimum absolute atomic E-state index is 0.650. The molecule has 2 heteroatoms. The molecule has 1 unspecified atom stereocenters. The summed E-state index contributed by atoms with van der Waals surface area (Å²) >= 11 is 0. The Kier molecular flexibility index (Phi) is 3.42. The van der Waals surface area contributed by atoms with Gasteiger partial charge in [0.15, 0.2) is 0 Å². The maximum Gasteiger partial charge on any atom is 0.103 e. The Morgan fingerprint density at radius 3 is 2.81 bits per heavy atom. The van der Waals surface area contributed by atoms with Crippen molar-refractivity contribution in [3.63, 3.8) is 0 Å². The van der Waals surface area contributed by atoms with E-state index in [1.165, 1.54) is 0 Å². The molecular weight excluding hydrogens is 198 g/mol. The monoisotopic (exact) mass is 217 g/mol. The molecule has 1 heterocycles. The van der Waals surface area contributed by atoms with Crippen LogP contribution >= 0.6 is 0 Å². The van der Waals surface area contributed by atoms with Gasteiger partial charge < -0.3 is 5.11 Å². The lowest BCUT2D eigenvalue weighted by molar-refractivity contribution is 0.0474. The molecule has 86 valence electrons. The lowest BCUT2D eigenvalue weighted by atomic mass is 9.93. The number of β-amino-alcohol motifs (C(OH)–C–C–N with tert-alkyl or cyclic N) is 1. The van der Waals surface area contributed by atoms with Gasteiger partial charge in [-0.25, -0.2) is 0 Å². The molecule has 2 nitrogen and oxygen atoms in total. The number of aliphatic hydroxyl groups is 1. The molecule has 0 aromatic heterocycles. The van der Waals surface area contributed by atoms with E-state index in [2.05, 4.69) is 17.1 Å². The van der Waals surface area contributed by atoms with Crippen molar-refractivity contribution < 1.29 is 5.11 Å². The van der Waals surface area contributed by atoms with Gasteiger partial charge in [-0.1, -0.05) is 42.5 Å². The molecule has 0 saturated carbocycles. The standard InChI is InChI=1S/C14H19NO/c1-2-3-10-15-11-9-14(16,12-15)13-7-5-4-6-8-13/h2-8,16H,9-12H2,1H3/b3-2+. The van der Waals surface area contributed by atoms with Crippen molar-refractivity contribution in [2.24, 2.45) is 0 Å². The number of likely N-dealkylation sites (tertiary alicyclic amines) is 1. The van der Waals surface area contributed by atoms with Crippen molar-refractivity contribution in [3.8, 4) is 0 Å². The first-order valence-electron chi connectivity index (χ1n) is 5.86. The van der Waals surface area contributed by atoms with E-state index in [0.717, 1.165) is 31.6 Å². The molecule has 0 amide bonds. The lowest BCUT2D eigenvalue weighted by Crippen LogP contribution is -2.30. The Labute approximate surface area is 97.2 Å². The van der Waals surface area contributed by atoms with Crippen LogP contribution in [0.2, 0.25) is 0 Å². The Balaban J connectivity index is 2.06. The Bertz CT molecular complexity index is 360. The minimum Gasteiger partial charge on any atom is -0.384 e. The molecular formula is C14H19NO. The predicted octanol–water partition coefficient (Wildman–Crippen LogP) is 2.16. The number of benzene rings is 1. The zero-order valence-corrected chi connectivity index (χ0v) is 9.76. The first-order valence-corrected chi connectivity index (χ1v) is 5.86. The van der Waals surface area contributed by atoms with E-state index >= 15 is 0 Å². The molecule has 1 fully saturated rings. The van der Waals surface area contributed by atoms with Crippen LogP contribution in [-0.2, 0) is 5.60 Å². The molecule has 0 aliphatic carbocycles. The molecule has 1 aromatic carbocycles. The SMILES string of the molecule is C/C=C/CN1CCC(O)(c2ccccc2)C1. The highest BCUT2D eigenvalue weighted by molar-refractivity contribution is 5.24. The summed E-state index contributed by atoms with van der Waals surface area (Å²) in [6.07, 6.45) is 5.02. The highest BCUT2D eigenvalue weighted by Gasteiger charge is 2.36. The summed E-state index contributed by atoms with van der Waals surface area (Å²) in [6.45, 7) is 4.67. The molecule has 0 bridgehead atoms. The molecule has 1 saturated heterocycles. The summed E-state index contributed by atoms with van der Waals surface area (Å²) < 4.78 is 0. The fourth-order valence-corrected chi connectivity index (χ4v) is 2.27. The molecule has 1 aromatic rings. The maximum atomic E-state index is 10.6. The third-order valence-electron chi connectivity index (χ3n) is 3.24. The number of allylic oxidation sites excluding steroid dienone is 1. The van der Waals surface area contributed by atoms with E-state index in [4.69, 9.17) is 0 Å². The molecule has 2 rings (SSSR count). The molecule has 1 atom stereocenters. The summed E-state index contributed by atoms with van der Waals surface area (Å²) in [5.74, 6) is 0. The number of nitrogens with zero attached hydrogens (tertiary/aromatic N) is 1. The van der Waals surface area contributed by atoms with Gasteiger partial charge in [0.2, 0.25) is 0 Å². The largest absolute Gasteiger partial charge is 0.384 e. The Morgan fingerprint density at radius 2 is 2.12 bits per heavy atom. The Morgan fingerprint density at radius 1 is 1.38 bits per heavy atom. The van der Waals surface area contributed by atoms with Crippen molar-refractivity contribution in [2.45, 2.75) is 18.9 Å². The van der Waals surface area contributed by atoms with Crippen LogP contribution in [0, 0.1) is 0 Å². The van der Waals surface area contributed by atoms with Crippen LogP contribution in [0.3, 0.4) is 0 Å². The molecule has 0 radical (unpaired) electrons. The van der Waals surface area contributed by atoms with Crippen molar-refractivity contribution in [2.75, 3.05) is 19.6 Å². The first kappa shape index (κ1) is 11.4. The van der Waals surface area contributed by atoms with Crippen LogP contribution in [0.4, 0.5) is 0 Å². The molecule has 1 N–H and O–H groups in total. The predicted molar refractivity (Wildman–Crippen MR) is 66.2 cm³/mol. The van der Waals surface area contributed by atoms with Gasteiger partial charge >= 0.3 is 0 Å². The van der Waals surface area contributed by atoms with Crippen LogP contribution in [-0.4, -0.2) is 29.6 Å². The van der Waals surface area contributed by atoms with E-state index < -0.39 is 5.60 Å². The average Bonchev–Trinajstić information content (AvgIpc) is 2.71. The quantitative estimate of drug-likeness (QED) is 0.784. The van der Waals surface area contributed by atoms with Gasteiger partial charge in [-0.05, 0) is 18.9 Å². The summed E-state index contributed by atoms with van der Waals surface area (Å²) in [6, 6.07) is 9.99. The average molecular weight is 217 g/mol. The van der Waals surface area contributed by atoms with E-state index in [0.29, 0.717) is 0 Å². The van der Waals surface area contributed by atoms with Crippen molar-refractivity contribution in [1.82, 2.24) is 4.90 Å². The Hall–Kier alpha value is -1.12. The van der Waals surface area contributed by atoms with Crippen LogP contribution in [0.15, 0.2) is 42.5 Å². The maximum absolute atomic E-state index is 10.6. The van der Waals surface area contributed by atoms with E-state index in [-0.39, 0.29) is 0 Å². The zero-order chi connectivity index (χ0) is 11.4. The van der Waals surface area contributed by atoms with Crippen LogP contribution in [0.25, 0.3) is 0 Å². The third-order valence-corrected chi connectivity index (χ3v) is 3.24. The molecule has 1 aliphatic heterocycles. The second-order valence-electron chi connectivity index (χ2n) is 4.45.